The second-order valence-corrected chi connectivity index (χ2v) is 12.9. The van der Waals surface area contributed by atoms with E-state index in [4.69, 9.17) is 18.6 Å². The van der Waals surface area contributed by atoms with E-state index in [1.54, 1.807) is 12.5 Å². The standard InChI is InChI=1S/C28H36O7/c1-15(29)33-20-13-18-24(2,3)19(30)8-10-25(18,4)17-7-11-26(5)21(16-9-12-32-14-16)34-23(31)22-28(26,35-22)27(17,20)6/h9,12,14,17-18,20-22H,7-8,10-11,13H2,1-6H3/t17?,18?,20-,21+,22-,25-,26+,27+,28-/m1/s1. The first-order valence-corrected chi connectivity index (χ1v) is 12.9. The van der Waals surface area contributed by atoms with Crippen molar-refractivity contribution in [3.05, 3.63) is 24.2 Å². The summed E-state index contributed by atoms with van der Waals surface area (Å²) in [5, 5.41) is 0. The molecular formula is C28H36O7. The molecule has 2 unspecified atom stereocenters. The van der Waals surface area contributed by atoms with E-state index in [2.05, 4.69) is 34.6 Å². The van der Waals surface area contributed by atoms with Gasteiger partial charge in [-0.25, -0.2) is 4.79 Å². The first-order valence-electron chi connectivity index (χ1n) is 12.9. The lowest BCUT2D eigenvalue weighted by molar-refractivity contribution is -0.263. The first kappa shape index (κ1) is 23.3. The topological polar surface area (TPSA) is 95.3 Å². The molecule has 6 rings (SSSR count). The Morgan fingerprint density at radius 3 is 2.46 bits per heavy atom. The molecule has 0 bridgehead atoms. The quantitative estimate of drug-likeness (QED) is 0.440. The lowest BCUT2D eigenvalue weighted by atomic mass is 9.35. The fourth-order valence-corrected chi connectivity index (χ4v) is 9.69. The van der Waals surface area contributed by atoms with Crippen LogP contribution in [0.1, 0.15) is 85.3 Å². The highest BCUT2D eigenvalue weighted by molar-refractivity contribution is 5.86. The number of carbonyl (C=O) groups excluding carboxylic acids is 3. The van der Waals surface area contributed by atoms with Crippen LogP contribution in [0, 0.1) is 33.5 Å². The van der Waals surface area contributed by atoms with Crippen LogP contribution in [0.5, 0.6) is 0 Å². The molecule has 9 atom stereocenters. The average Bonchev–Trinajstić information content (AvgIpc) is 3.35. The molecule has 35 heavy (non-hydrogen) atoms. The van der Waals surface area contributed by atoms with Crippen LogP contribution in [0.4, 0.5) is 0 Å². The number of rotatable bonds is 2. The zero-order chi connectivity index (χ0) is 25.2. The van der Waals surface area contributed by atoms with E-state index in [1.807, 2.05) is 6.07 Å². The van der Waals surface area contributed by atoms with Gasteiger partial charge in [0.05, 0.1) is 12.5 Å². The molecule has 5 fully saturated rings. The monoisotopic (exact) mass is 484 g/mol. The Morgan fingerprint density at radius 2 is 1.80 bits per heavy atom. The largest absolute Gasteiger partial charge is 0.472 e. The van der Waals surface area contributed by atoms with Gasteiger partial charge in [-0.2, -0.15) is 0 Å². The van der Waals surface area contributed by atoms with Crippen molar-refractivity contribution in [2.45, 2.75) is 97.6 Å². The Morgan fingerprint density at radius 1 is 1.06 bits per heavy atom. The van der Waals surface area contributed by atoms with E-state index in [-0.39, 0.29) is 35.0 Å². The number of furan rings is 1. The number of hydrogen-bond donors (Lipinski definition) is 0. The predicted octanol–water partition coefficient (Wildman–Crippen LogP) is 4.78. The van der Waals surface area contributed by atoms with Gasteiger partial charge < -0.3 is 18.6 Å². The summed E-state index contributed by atoms with van der Waals surface area (Å²) < 4.78 is 24.0. The Hall–Kier alpha value is -2.15. The van der Waals surface area contributed by atoms with Crippen molar-refractivity contribution in [1.82, 2.24) is 0 Å². The number of epoxide rings is 1. The van der Waals surface area contributed by atoms with Crippen LogP contribution in [-0.2, 0) is 28.6 Å². The molecular weight excluding hydrogens is 448 g/mol. The molecule has 3 aliphatic carbocycles. The van der Waals surface area contributed by atoms with Crippen LogP contribution < -0.4 is 0 Å². The molecule has 3 saturated carbocycles. The minimum atomic E-state index is -0.820. The normalized spacial score (nSPS) is 49.6. The fourth-order valence-electron chi connectivity index (χ4n) is 9.69. The van der Waals surface area contributed by atoms with Crippen LogP contribution in [0.2, 0.25) is 0 Å². The van der Waals surface area contributed by atoms with E-state index in [9.17, 15) is 14.4 Å². The molecule has 2 saturated heterocycles. The van der Waals surface area contributed by atoms with Gasteiger partial charge in [0.2, 0.25) is 0 Å². The van der Waals surface area contributed by atoms with E-state index >= 15 is 0 Å². The van der Waals surface area contributed by atoms with Gasteiger partial charge in [-0.15, -0.1) is 0 Å². The lowest BCUT2D eigenvalue weighted by Gasteiger charge is -2.69. The van der Waals surface area contributed by atoms with E-state index in [0.29, 0.717) is 12.8 Å². The Kier molecular flexibility index (Phi) is 4.51. The van der Waals surface area contributed by atoms with Crippen LogP contribution >= 0.6 is 0 Å². The molecule has 0 aromatic carbocycles. The molecule has 7 heteroatoms. The summed E-state index contributed by atoms with van der Waals surface area (Å²) in [6.45, 7) is 12.2. The third kappa shape index (κ3) is 2.53. The molecule has 0 N–H and O–H groups in total. The lowest BCUT2D eigenvalue weighted by Crippen LogP contribution is -2.73. The van der Waals surface area contributed by atoms with Crippen LogP contribution in [-0.4, -0.2) is 35.5 Å². The summed E-state index contributed by atoms with van der Waals surface area (Å²) in [5.74, 6) is -0.213. The van der Waals surface area contributed by atoms with Gasteiger partial charge in [-0.3, -0.25) is 9.59 Å². The average molecular weight is 485 g/mol. The SMILES string of the molecule is CC(=O)O[C@@H]1CC2C(C)(C)C(=O)CC[C@]2(C)C2CC[C@@]3(C)[C@H](c4ccoc4)OC(=O)[C@H]4O[C@]43[C@@]21C. The van der Waals surface area contributed by atoms with Gasteiger partial charge in [0.25, 0.3) is 0 Å². The number of ketones is 1. The Balaban J connectivity index is 1.53. The minimum Gasteiger partial charge on any atom is -0.472 e. The number of hydrogen-bond acceptors (Lipinski definition) is 7. The highest BCUT2D eigenvalue weighted by atomic mass is 16.7. The maximum Gasteiger partial charge on any atom is 0.339 e. The first-order chi connectivity index (χ1) is 16.3. The van der Waals surface area contributed by atoms with Gasteiger partial charge in [-0.1, -0.05) is 34.6 Å². The molecule has 5 aliphatic rings. The van der Waals surface area contributed by atoms with Crippen molar-refractivity contribution in [3.8, 4) is 0 Å². The van der Waals surface area contributed by atoms with E-state index in [1.165, 1.54) is 6.92 Å². The van der Waals surface area contributed by atoms with Gasteiger partial charge in [0.15, 0.2) is 6.10 Å². The zero-order valence-corrected chi connectivity index (χ0v) is 21.5. The van der Waals surface area contributed by atoms with Gasteiger partial charge in [0, 0.05) is 35.2 Å². The third-order valence-corrected chi connectivity index (χ3v) is 11.3. The van der Waals surface area contributed by atoms with Crippen molar-refractivity contribution in [2.75, 3.05) is 0 Å². The van der Waals surface area contributed by atoms with Crippen molar-refractivity contribution >= 4 is 17.7 Å². The van der Waals surface area contributed by atoms with Gasteiger partial charge in [0.1, 0.15) is 23.6 Å². The number of carbonyl (C=O) groups is 3. The smallest absolute Gasteiger partial charge is 0.339 e. The van der Waals surface area contributed by atoms with Gasteiger partial charge >= 0.3 is 11.9 Å². The highest BCUT2D eigenvalue weighted by Crippen LogP contribution is 2.80. The number of ether oxygens (including phenoxy) is 3. The summed E-state index contributed by atoms with van der Waals surface area (Å²) in [7, 11) is 0. The van der Waals surface area contributed by atoms with Crippen molar-refractivity contribution in [3.63, 3.8) is 0 Å². The molecule has 2 aliphatic heterocycles. The van der Waals surface area contributed by atoms with Crippen LogP contribution in [0.3, 0.4) is 0 Å². The molecule has 190 valence electrons. The predicted molar refractivity (Wildman–Crippen MR) is 124 cm³/mol. The van der Waals surface area contributed by atoms with Crippen molar-refractivity contribution in [1.29, 1.82) is 0 Å². The Labute approximate surface area is 206 Å². The van der Waals surface area contributed by atoms with Gasteiger partial charge in [-0.05, 0) is 49.0 Å². The summed E-state index contributed by atoms with van der Waals surface area (Å²) >= 11 is 0. The van der Waals surface area contributed by atoms with Crippen LogP contribution in [0.25, 0.3) is 0 Å². The maximum atomic E-state index is 13.3. The van der Waals surface area contributed by atoms with Crippen molar-refractivity contribution < 1.29 is 33.0 Å². The molecule has 0 amide bonds. The number of fused-ring (bicyclic) bond motifs is 3. The second-order valence-electron chi connectivity index (χ2n) is 12.9. The highest BCUT2D eigenvalue weighted by Gasteiger charge is 2.88. The van der Waals surface area contributed by atoms with E-state index in [0.717, 1.165) is 24.8 Å². The van der Waals surface area contributed by atoms with Crippen molar-refractivity contribution in [2.24, 2.45) is 33.5 Å². The summed E-state index contributed by atoms with van der Waals surface area (Å²) in [5.41, 5.74) is -1.76. The summed E-state index contributed by atoms with van der Waals surface area (Å²) in [4.78, 5) is 38.7. The molecule has 7 nitrogen and oxygen atoms in total. The number of esters is 2. The molecule has 3 heterocycles. The molecule has 1 spiro atoms. The van der Waals surface area contributed by atoms with Crippen LogP contribution in [0.15, 0.2) is 23.0 Å². The third-order valence-electron chi connectivity index (χ3n) is 11.3. The minimum absolute atomic E-state index is 0.0804. The zero-order valence-electron chi connectivity index (χ0n) is 21.5. The summed E-state index contributed by atoms with van der Waals surface area (Å²) in [6, 6.07) is 1.85. The Bertz CT molecular complexity index is 1110. The fraction of sp³-hybridized carbons (Fsp3) is 0.750. The van der Waals surface area contributed by atoms with E-state index < -0.39 is 40.2 Å². The molecule has 1 aromatic rings. The molecule has 1 aromatic heterocycles. The molecule has 0 radical (unpaired) electrons. The second kappa shape index (κ2) is 6.78. The number of cyclic esters (lactones) is 1. The summed E-state index contributed by atoms with van der Waals surface area (Å²) in [6.07, 6.45) is 5.22. The number of Topliss-reactive ketones (excluding diaryl/α,β-unsaturated/α-hetero) is 1. The maximum absolute atomic E-state index is 13.3.